The molecule has 0 spiro atoms. The Balaban J connectivity index is 1.58. The molecule has 3 aromatic carbocycles. The zero-order valence-corrected chi connectivity index (χ0v) is 18.1. The van der Waals surface area contributed by atoms with Crippen LogP contribution in [0.4, 0.5) is 20.2 Å². The predicted octanol–water partition coefficient (Wildman–Crippen LogP) is 5.78. The Morgan fingerprint density at radius 1 is 0.938 bits per heavy atom. The topological polar surface area (TPSA) is 67.4 Å². The zero-order chi connectivity index (χ0) is 22.9. The van der Waals surface area contributed by atoms with Gasteiger partial charge in [-0.2, -0.15) is 8.78 Å². The molecule has 0 bridgehead atoms. The minimum absolute atomic E-state index is 0.220. The summed E-state index contributed by atoms with van der Waals surface area (Å²) >= 11 is 0.460. The predicted molar refractivity (Wildman–Crippen MR) is 121 cm³/mol. The van der Waals surface area contributed by atoms with E-state index in [4.69, 9.17) is 4.74 Å². The molecule has 166 valence electrons. The molecule has 3 rings (SSSR count). The van der Waals surface area contributed by atoms with Crippen molar-refractivity contribution in [2.45, 2.75) is 23.6 Å². The van der Waals surface area contributed by atoms with Gasteiger partial charge in [0.15, 0.2) is 6.61 Å². The number of nitrogens with one attached hydrogen (secondary N) is 2. The summed E-state index contributed by atoms with van der Waals surface area (Å²) in [5.74, 6) is -3.55. The maximum atomic E-state index is 12.6. The van der Waals surface area contributed by atoms with Crippen molar-refractivity contribution in [2.75, 3.05) is 11.9 Å². The Labute approximate surface area is 189 Å². The number of carbonyl (C=O) groups excluding carboxylic acids is 2. The van der Waals surface area contributed by atoms with Crippen molar-refractivity contribution in [3.8, 4) is 0 Å². The molecule has 8 heteroatoms. The Kier molecular flexibility index (Phi) is 8.21. The van der Waals surface area contributed by atoms with Gasteiger partial charge in [0.2, 0.25) is 0 Å². The summed E-state index contributed by atoms with van der Waals surface area (Å²) < 4.78 is 30.1. The number of thioether (sulfide) groups is 1. The highest BCUT2D eigenvalue weighted by atomic mass is 32.2. The Morgan fingerprint density at radius 2 is 1.59 bits per heavy atom. The van der Waals surface area contributed by atoms with Crippen LogP contribution in [0.3, 0.4) is 0 Å². The molecular formula is C24H22F2N2O3S. The second-order valence-corrected chi connectivity index (χ2v) is 7.91. The Bertz CT molecular complexity index is 1050. The molecule has 2 N–H and O–H groups in total. The third kappa shape index (κ3) is 6.81. The number of esters is 1. The standard InChI is InChI=1S/C24H22F2N2O3S/c1-16(17-7-3-2-4-8-17)27-22(29)15-31-23(30)20-9-5-6-10-21(20)28-18-11-13-19(14-12-18)32-24(25)26/h2-14,16,24,28H,15H2,1H3,(H,27,29). The third-order valence-electron chi connectivity index (χ3n) is 4.52. The van der Waals surface area contributed by atoms with Crippen LogP contribution in [0, 0.1) is 0 Å². The number of benzene rings is 3. The summed E-state index contributed by atoms with van der Waals surface area (Å²) in [6.07, 6.45) is 0. The van der Waals surface area contributed by atoms with E-state index in [9.17, 15) is 18.4 Å². The van der Waals surface area contributed by atoms with Gasteiger partial charge in [-0.1, -0.05) is 54.2 Å². The molecule has 1 amide bonds. The lowest BCUT2D eigenvalue weighted by atomic mass is 10.1. The number of hydrogen-bond acceptors (Lipinski definition) is 5. The Morgan fingerprint density at radius 3 is 2.28 bits per heavy atom. The fraction of sp³-hybridized carbons (Fsp3) is 0.167. The highest BCUT2D eigenvalue weighted by Crippen LogP contribution is 2.28. The molecule has 32 heavy (non-hydrogen) atoms. The van der Waals surface area contributed by atoms with Crippen LogP contribution in [0.15, 0.2) is 83.8 Å². The number of halogens is 2. The van der Waals surface area contributed by atoms with Gasteiger partial charge < -0.3 is 15.4 Å². The first kappa shape index (κ1) is 23.3. The molecule has 0 aliphatic rings. The van der Waals surface area contributed by atoms with E-state index in [1.807, 2.05) is 37.3 Å². The zero-order valence-electron chi connectivity index (χ0n) is 17.3. The van der Waals surface area contributed by atoms with Gasteiger partial charge in [-0.05, 0) is 48.9 Å². The molecule has 1 unspecified atom stereocenters. The van der Waals surface area contributed by atoms with Gasteiger partial charge in [-0.3, -0.25) is 4.79 Å². The molecular weight excluding hydrogens is 434 g/mol. The van der Waals surface area contributed by atoms with Crippen LogP contribution in [-0.2, 0) is 9.53 Å². The lowest BCUT2D eigenvalue weighted by Gasteiger charge is -2.15. The lowest BCUT2D eigenvalue weighted by Crippen LogP contribution is -2.31. The number of hydrogen-bond donors (Lipinski definition) is 2. The van der Waals surface area contributed by atoms with E-state index in [0.717, 1.165) is 5.56 Å². The largest absolute Gasteiger partial charge is 0.452 e. The molecule has 1 atom stereocenters. The fourth-order valence-electron chi connectivity index (χ4n) is 2.96. The second kappa shape index (κ2) is 11.3. The van der Waals surface area contributed by atoms with E-state index in [1.165, 1.54) is 0 Å². The van der Waals surface area contributed by atoms with E-state index < -0.39 is 24.2 Å². The number of carbonyl (C=O) groups is 2. The molecule has 3 aromatic rings. The highest BCUT2D eigenvalue weighted by molar-refractivity contribution is 7.99. The number of ether oxygens (including phenoxy) is 1. The van der Waals surface area contributed by atoms with Gasteiger partial charge in [0.1, 0.15) is 0 Å². The molecule has 0 heterocycles. The average molecular weight is 457 g/mol. The highest BCUT2D eigenvalue weighted by Gasteiger charge is 2.16. The van der Waals surface area contributed by atoms with Crippen LogP contribution in [0.1, 0.15) is 28.9 Å². The van der Waals surface area contributed by atoms with Crippen molar-refractivity contribution in [2.24, 2.45) is 0 Å². The van der Waals surface area contributed by atoms with E-state index in [1.54, 1.807) is 48.5 Å². The summed E-state index contributed by atoms with van der Waals surface area (Å²) in [6.45, 7) is 1.43. The van der Waals surface area contributed by atoms with E-state index >= 15 is 0 Å². The minimum atomic E-state index is -2.49. The number of anilines is 2. The van der Waals surface area contributed by atoms with E-state index in [-0.39, 0.29) is 11.6 Å². The number of para-hydroxylation sites is 1. The number of amides is 1. The normalized spacial score (nSPS) is 11.6. The van der Waals surface area contributed by atoms with Gasteiger partial charge in [-0.15, -0.1) is 0 Å². The van der Waals surface area contributed by atoms with Crippen LogP contribution in [0.5, 0.6) is 0 Å². The van der Waals surface area contributed by atoms with Gasteiger partial charge >= 0.3 is 5.97 Å². The van der Waals surface area contributed by atoms with Crippen LogP contribution in [0.25, 0.3) is 0 Å². The number of alkyl halides is 2. The van der Waals surface area contributed by atoms with Crippen molar-refractivity contribution in [3.63, 3.8) is 0 Å². The number of rotatable bonds is 9. The van der Waals surface area contributed by atoms with Gasteiger partial charge in [-0.25, -0.2) is 4.79 Å². The summed E-state index contributed by atoms with van der Waals surface area (Å²) in [6, 6.07) is 22.4. The van der Waals surface area contributed by atoms with Crippen LogP contribution >= 0.6 is 11.8 Å². The van der Waals surface area contributed by atoms with Crippen molar-refractivity contribution in [3.05, 3.63) is 90.0 Å². The third-order valence-corrected chi connectivity index (χ3v) is 5.24. The van der Waals surface area contributed by atoms with Crippen molar-refractivity contribution >= 4 is 35.0 Å². The first-order valence-corrected chi connectivity index (χ1v) is 10.7. The van der Waals surface area contributed by atoms with Crippen molar-refractivity contribution < 1.29 is 23.1 Å². The smallest absolute Gasteiger partial charge is 0.340 e. The molecule has 0 aliphatic carbocycles. The molecule has 0 aromatic heterocycles. The van der Waals surface area contributed by atoms with Crippen molar-refractivity contribution in [1.82, 2.24) is 5.32 Å². The maximum absolute atomic E-state index is 12.6. The van der Waals surface area contributed by atoms with Crippen LogP contribution < -0.4 is 10.6 Å². The molecule has 0 saturated carbocycles. The molecule has 0 aliphatic heterocycles. The molecule has 0 radical (unpaired) electrons. The maximum Gasteiger partial charge on any atom is 0.340 e. The monoisotopic (exact) mass is 456 g/mol. The van der Waals surface area contributed by atoms with Crippen LogP contribution in [0.2, 0.25) is 0 Å². The summed E-state index contributed by atoms with van der Waals surface area (Å²) in [5.41, 5.74) is 2.30. The summed E-state index contributed by atoms with van der Waals surface area (Å²) in [4.78, 5) is 25.2. The summed E-state index contributed by atoms with van der Waals surface area (Å²) in [7, 11) is 0. The SMILES string of the molecule is CC(NC(=O)COC(=O)c1ccccc1Nc1ccc(SC(F)F)cc1)c1ccccc1. The fourth-order valence-corrected chi connectivity index (χ4v) is 3.46. The minimum Gasteiger partial charge on any atom is -0.452 e. The van der Waals surface area contributed by atoms with Gasteiger partial charge in [0.25, 0.3) is 11.7 Å². The Hall–Kier alpha value is -3.39. The van der Waals surface area contributed by atoms with Crippen LogP contribution in [-0.4, -0.2) is 24.2 Å². The van der Waals surface area contributed by atoms with Gasteiger partial charge in [0.05, 0.1) is 17.3 Å². The van der Waals surface area contributed by atoms with Crippen molar-refractivity contribution in [1.29, 1.82) is 0 Å². The van der Waals surface area contributed by atoms with E-state index in [2.05, 4.69) is 10.6 Å². The summed E-state index contributed by atoms with van der Waals surface area (Å²) in [5, 5.41) is 5.87. The molecule has 5 nitrogen and oxygen atoms in total. The second-order valence-electron chi connectivity index (χ2n) is 6.85. The average Bonchev–Trinajstić information content (AvgIpc) is 2.79. The first-order chi connectivity index (χ1) is 15.4. The first-order valence-electron chi connectivity index (χ1n) is 9.84. The van der Waals surface area contributed by atoms with E-state index in [0.29, 0.717) is 28.0 Å². The molecule has 0 fully saturated rings. The lowest BCUT2D eigenvalue weighted by molar-refractivity contribution is -0.124. The van der Waals surface area contributed by atoms with Gasteiger partial charge in [0, 0.05) is 10.6 Å². The quantitative estimate of drug-likeness (QED) is 0.316. The molecule has 0 saturated heterocycles.